The number of methoxy groups -OCH3 is 1. The number of unbranched alkanes of at least 4 members (excludes halogenated alkanes) is 3. The van der Waals surface area contributed by atoms with E-state index in [9.17, 15) is 4.79 Å². The van der Waals surface area contributed by atoms with Crippen molar-refractivity contribution in [3.63, 3.8) is 0 Å². The topological polar surface area (TPSA) is 77.2 Å². The Kier molecular flexibility index (Phi) is 8.06. The van der Waals surface area contributed by atoms with Gasteiger partial charge >= 0.3 is 0 Å². The van der Waals surface area contributed by atoms with Crippen molar-refractivity contribution in [2.75, 3.05) is 13.7 Å². The number of nitrogens with two attached hydrogens (primary N) is 1. The number of aryl methyl sites for hydroxylation is 1. The van der Waals surface area contributed by atoms with Gasteiger partial charge in [0.2, 0.25) is 5.91 Å². The van der Waals surface area contributed by atoms with E-state index in [0.717, 1.165) is 59.1 Å². The highest BCUT2D eigenvalue weighted by Gasteiger charge is 2.17. The van der Waals surface area contributed by atoms with Crippen molar-refractivity contribution in [1.82, 2.24) is 10.3 Å². The van der Waals surface area contributed by atoms with Gasteiger partial charge in [-0.1, -0.05) is 12.8 Å². The molecular weight excluding hydrogens is 346 g/mol. The Balaban J connectivity index is 1.93. The van der Waals surface area contributed by atoms with Crippen molar-refractivity contribution >= 4 is 17.2 Å². The molecule has 142 valence electrons. The Hall–Kier alpha value is -1.92. The average molecular weight is 376 g/mol. The number of hydrogen-bond acceptors (Lipinski definition) is 5. The molecule has 26 heavy (non-hydrogen) atoms. The van der Waals surface area contributed by atoms with Crippen LogP contribution in [0, 0.1) is 6.92 Å². The SMILES string of the molecule is COc1ccc(-c2nc(C)c(C(C)NC(=O)CCCCCCN)s2)cc1. The Morgan fingerprint density at radius 3 is 2.58 bits per heavy atom. The molecule has 0 bridgehead atoms. The second-order valence-corrected chi connectivity index (χ2v) is 7.47. The third-order valence-corrected chi connectivity index (χ3v) is 5.69. The van der Waals surface area contributed by atoms with Crippen molar-refractivity contribution < 1.29 is 9.53 Å². The van der Waals surface area contributed by atoms with Crippen molar-refractivity contribution in [3.8, 4) is 16.3 Å². The Labute approximate surface area is 160 Å². The number of nitrogens with one attached hydrogen (secondary N) is 1. The summed E-state index contributed by atoms with van der Waals surface area (Å²) in [7, 11) is 1.66. The highest BCUT2D eigenvalue weighted by Crippen LogP contribution is 2.32. The minimum Gasteiger partial charge on any atom is -0.497 e. The zero-order valence-electron chi connectivity index (χ0n) is 15.9. The van der Waals surface area contributed by atoms with Crippen LogP contribution in [0.15, 0.2) is 24.3 Å². The maximum atomic E-state index is 12.2. The van der Waals surface area contributed by atoms with Crippen LogP contribution < -0.4 is 15.8 Å². The molecule has 0 aliphatic carbocycles. The van der Waals surface area contributed by atoms with Gasteiger partial charge in [0.15, 0.2) is 0 Å². The first-order valence-corrected chi connectivity index (χ1v) is 9.98. The van der Waals surface area contributed by atoms with Crippen LogP contribution in [0.1, 0.15) is 55.6 Å². The van der Waals surface area contributed by atoms with E-state index in [1.807, 2.05) is 38.1 Å². The van der Waals surface area contributed by atoms with Crippen molar-refractivity contribution in [1.29, 1.82) is 0 Å². The van der Waals surface area contributed by atoms with E-state index in [-0.39, 0.29) is 11.9 Å². The number of carbonyl (C=O) groups is 1. The number of nitrogens with zero attached hydrogens (tertiary/aromatic N) is 1. The normalized spacial score (nSPS) is 12.0. The standard InChI is InChI=1S/C20H29N3O2S/c1-14(22-18(24)8-6-4-5-7-13-21)19-15(2)23-20(26-19)16-9-11-17(25-3)12-10-16/h9-12,14H,4-8,13,21H2,1-3H3,(H,22,24). The fraction of sp³-hybridized carbons (Fsp3) is 0.500. The monoisotopic (exact) mass is 375 g/mol. The molecule has 6 heteroatoms. The van der Waals surface area contributed by atoms with Gasteiger partial charge in [-0.25, -0.2) is 4.98 Å². The van der Waals surface area contributed by atoms with Gasteiger partial charge in [0.25, 0.3) is 0 Å². The number of carbonyl (C=O) groups excluding carboxylic acids is 1. The molecule has 0 spiro atoms. The van der Waals surface area contributed by atoms with Gasteiger partial charge in [-0.2, -0.15) is 0 Å². The van der Waals surface area contributed by atoms with E-state index in [1.54, 1.807) is 18.4 Å². The molecule has 0 aliphatic heterocycles. The molecule has 1 amide bonds. The summed E-state index contributed by atoms with van der Waals surface area (Å²) in [6, 6.07) is 7.84. The lowest BCUT2D eigenvalue weighted by Crippen LogP contribution is -2.26. The van der Waals surface area contributed by atoms with Gasteiger partial charge in [0.05, 0.1) is 23.7 Å². The Morgan fingerprint density at radius 2 is 1.92 bits per heavy atom. The molecule has 0 saturated heterocycles. The molecule has 5 nitrogen and oxygen atoms in total. The van der Waals surface area contributed by atoms with Gasteiger partial charge in [-0.3, -0.25) is 4.79 Å². The van der Waals surface area contributed by atoms with Gasteiger partial charge in [0, 0.05) is 12.0 Å². The largest absolute Gasteiger partial charge is 0.497 e. The third kappa shape index (κ3) is 5.81. The summed E-state index contributed by atoms with van der Waals surface area (Å²) < 4.78 is 5.20. The van der Waals surface area contributed by atoms with Gasteiger partial charge in [-0.15, -0.1) is 11.3 Å². The smallest absolute Gasteiger partial charge is 0.220 e. The zero-order valence-corrected chi connectivity index (χ0v) is 16.7. The van der Waals surface area contributed by atoms with Gasteiger partial charge in [0.1, 0.15) is 10.8 Å². The molecule has 0 aliphatic rings. The van der Waals surface area contributed by atoms with Crippen molar-refractivity contribution in [2.45, 2.75) is 52.0 Å². The van der Waals surface area contributed by atoms with Crippen LogP contribution >= 0.6 is 11.3 Å². The number of rotatable bonds is 10. The number of aromatic nitrogens is 1. The van der Waals surface area contributed by atoms with Crippen LogP contribution in [0.5, 0.6) is 5.75 Å². The second-order valence-electron chi connectivity index (χ2n) is 6.44. The minimum absolute atomic E-state index is 0.0314. The fourth-order valence-electron chi connectivity index (χ4n) is 2.83. The maximum absolute atomic E-state index is 12.2. The quantitative estimate of drug-likeness (QED) is 0.610. The van der Waals surface area contributed by atoms with Crippen LogP contribution in [0.3, 0.4) is 0 Å². The molecule has 0 saturated carbocycles. The number of benzene rings is 1. The molecule has 0 radical (unpaired) electrons. The van der Waals surface area contributed by atoms with Crippen LogP contribution in [0.25, 0.3) is 10.6 Å². The maximum Gasteiger partial charge on any atom is 0.220 e. The lowest BCUT2D eigenvalue weighted by molar-refractivity contribution is -0.121. The van der Waals surface area contributed by atoms with Crippen LogP contribution in [0.2, 0.25) is 0 Å². The molecule has 1 atom stereocenters. The molecule has 0 fully saturated rings. The molecule has 1 unspecified atom stereocenters. The molecule has 3 N–H and O–H groups in total. The first kappa shape index (κ1) is 20.4. The lowest BCUT2D eigenvalue weighted by atomic mass is 10.1. The number of ether oxygens (including phenoxy) is 1. The summed E-state index contributed by atoms with van der Waals surface area (Å²) in [6.07, 6.45) is 4.67. The average Bonchev–Trinajstić information content (AvgIpc) is 3.03. The highest BCUT2D eigenvalue weighted by molar-refractivity contribution is 7.15. The highest BCUT2D eigenvalue weighted by atomic mass is 32.1. The number of hydrogen-bond donors (Lipinski definition) is 2. The van der Waals surface area contributed by atoms with Crippen LogP contribution in [-0.2, 0) is 4.79 Å². The molecule has 2 rings (SSSR count). The van der Waals surface area contributed by atoms with Crippen molar-refractivity contribution in [3.05, 3.63) is 34.8 Å². The molecular formula is C20H29N3O2S. The predicted octanol–water partition coefficient (Wildman–Crippen LogP) is 4.21. The molecule has 1 heterocycles. The summed E-state index contributed by atoms with van der Waals surface area (Å²) >= 11 is 1.63. The predicted molar refractivity (Wildman–Crippen MR) is 108 cm³/mol. The third-order valence-electron chi connectivity index (χ3n) is 4.30. The van der Waals surface area contributed by atoms with Crippen LogP contribution in [-0.4, -0.2) is 24.5 Å². The summed E-state index contributed by atoms with van der Waals surface area (Å²) in [4.78, 5) is 17.9. The number of thiazole rings is 1. The second kappa shape index (κ2) is 10.3. The molecule has 2 aromatic rings. The van der Waals surface area contributed by atoms with E-state index in [2.05, 4.69) is 10.3 Å². The Bertz CT molecular complexity index is 698. The Morgan fingerprint density at radius 1 is 1.23 bits per heavy atom. The zero-order chi connectivity index (χ0) is 18.9. The summed E-state index contributed by atoms with van der Waals surface area (Å²) in [5, 5.41) is 4.06. The van der Waals surface area contributed by atoms with E-state index in [4.69, 9.17) is 10.5 Å². The first-order valence-electron chi connectivity index (χ1n) is 9.16. The first-order chi connectivity index (χ1) is 12.5. The van der Waals surface area contributed by atoms with E-state index >= 15 is 0 Å². The van der Waals surface area contributed by atoms with Crippen molar-refractivity contribution in [2.24, 2.45) is 5.73 Å². The summed E-state index contributed by atoms with van der Waals surface area (Å²) in [5.74, 6) is 0.929. The minimum atomic E-state index is -0.0314. The summed E-state index contributed by atoms with van der Waals surface area (Å²) in [5.41, 5.74) is 7.51. The lowest BCUT2D eigenvalue weighted by Gasteiger charge is -2.12. The van der Waals surface area contributed by atoms with Crippen LogP contribution in [0.4, 0.5) is 0 Å². The van der Waals surface area contributed by atoms with E-state index < -0.39 is 0 Å². The van der Waals surface area contributed by atoms with Gasteiger partial charge in [-0.05, 0) is 57.5 Å². The van der Waals surface area contributed by atoms with Gasteiger partial charge < -0.3 is 15.8 Å². The van der Waals surface area contributed by atoms with E-state index in [0.29, 0.717) is 6.42 Å². The fourth-order valence-corrected chi connectivity index (χ4v) is 3.90. The summed E-state index contributed by atoms with van der Waals surface area (Å²) in [6.45, 7) is 4.74. The van der Waals surface area contributed by atoms with E-state index in [1.165, 1.54) is 0 Å². The number of amides is 1. The molecule has 1 aromatic carbocycles. The molecule has 1 aromatic heterocycles.